The maximum Gasteiger partial charge on any atom is 0.254 e. The van der Waals surface area contributed by atoms with Crippen molar-refractivity contribution in [2.45, 2.75) is 46.8 Å². The lowest BCUT2D eigenvalue weighted by Crippen LogP contribution is -2.52. The molecule has 0 unspecified atom stereocenters. The number of carbonyl (C=O) groups is 1. The quantitative estimate of drug-likeness (QED) is 0.526. The number of halogens is 1. The fourth-order valence-corrected chi connectivity index (χ4v) is 4.75. The van der Waals surface area contributed by atoms with Crippen molar-refractivity contribution in [1.82, 2.24) is 14.8 Å². The summed E-state index contributed by atoms with van der Waals surface area (Å²) in [5.74, 6) is -0.178. The van der Waals surface area contributed by atoms with E-state index >= 15 is 0 Å². The van der Waals surface area contributed by atoms with Gasteiger partial charge in [0.05, 0.1) is 11.2 Å². The Labute approximate surface area is 195 Å². The lowest BCUT2D eigenvalue weighted by atomic mass is 10.0. The number of anilines is 1. The third-order valence-corrected chi connectivity index (χ3v) is 6.83. The standard InChI is InChI=1S/C27H33FN4O/c1-6-10-32-20(5)19(4)24-13-22(27(33)31-11-9-29-15-18(31)3)14-25(26(24)32)30-16-21-7-8-23(28)12-17(21)2/h6-8,12-14,18,29-30H,1,9-11,15-16H2,2-5H3/t18-/m1/s1. The summed E-state index contributed by atoms with van der Waals surface area (Å²) in [7, 11) is 0. The van der Waals surface area contributed by atoms with Crippen LogP contribution in [0.3, 0.4) is 0 Å². The highest BCUT2D eigenvalue weighted by Gasteiger charge is 2.26. The zero-order valence-corrected chi connectivity index (χ0v) is 20.0. The number of nitrogens with zero attached hydrogens (tertiary/aromatic N) is 2. The maximum atomic E-state index is 13.6. The number of amides is 1. The minimum Gasteiger partial charge on any atom is -0.379 e. The molecule has 4 rings (SSSR count). The zero-order chi connectivity index (χ0) is 23.7. The van der Waals surface area contributed by atoms with Gasteiger partial charge in [0.1, 0.15) is 5.82 Å². The summed E-state index contributed by atoms with van der Waals surface area (Å²) in [6, 6.07) is 8.99. The van der Waals surface area contributed by atoms with Crippen LogP contribution in [0.25, 0.3) is 10.9 Å². The van der Waals surface area contributed by atoms with Crippen LogP contribution in [0.2, 0.25) is 0 Å². The molecule has 1 amide bonds. The van der Waals surface area contributed by atoms with Crippen LogP contribution < -0.4 is 10.6 Å². The molecule has 1 saturated heterocycles. The average molecular weight is 449 g/mol. The second-order valence-electron chi connectivity index (χ2n) is 9.01. The number of hydrogen-bond donors (Lipinski definition) is 2. The number of hydrogen-bond acceptors (Lipinski definition) is 3. The van der Waals surface area contributed by atoms with E-state index < -0.39 is 0 Å². The van der Waals surface area contributed by atoms with E-state index in [0.717, 1.165) is 52.1 Å². The Morgan fingerprint density at radius 1 is 1.27 bits per heavy atom. The van der Waals surface area contributed by atoms with Gasteiger partial charge in [-0.3, -0.25) is 4.79 Å². The summed E-state index contributed by atoms with van der Waals surface area (Å²) in [4.78, 5) is 15.5. The van der Waals surface area contributed by atoms with Crippen LogP contribution in [0.4, 0.5) is 10.1 Å². The number of allylic oxidation sites excluding steroid dienone is 1. The molecule has 2 N–H and O–H groups in total. The van der Waals surface area contributed by atoms with E-state index in [4.69, 9.17) is 0 Å². The highest BCUT2D eigenvalue weighted by atomic mass is 19.1. The first-order valence-electron chi connectivity index (χ1n) is 11.6. The average Bonchev–Trinajstić information content (AvgIpc) is 3.03. The van der Waals surface area contributed by atoms with Gasteiger partial charge in [0.25, 0.3) is 5.91 Å². The van der Waals surface area contributed by atoms with Gasteiger partial charge in [0.2, 0.25) is 0 Å². The molecular weight excluding hydrogens is 415 g/mol. The summed E-state index contributed by atoms with van der Waals surface area (Å²) in [5, 5.41) is 7.97. The molecule has 3 aromatic rings. The molecule has 1 fully saturated rings. The monoisotopic (exact) mass is 448 g/mol. The fraction of sp³-hybridized carbons (Fsp3) is 0.370. The summed E-state index contributed by atoms with van der Waals surface area (Å²) in [6.07, 6.45) is 1.89. The summed E-state index contributed by atoms with van der Waals surface area (Å²) < 4.78 is 15.8. The Morgan fingerprint density at radius 3 is 2.76 bits per heavy atom. The van der Waals surface area contributed by atoms with Gasteiger partial charge in [-0.05, 0) is 68.7 Å². The number of piperazine rings is 1. The molecule has 0 spiro atoms. The summed E-state index contributed by atoms with van der Waals surface area (Å²) in [6.45, 7) is 15.7. The molecule has 6 heteroatoms. The molecule has 0 radical (unpaired) electrons. The number of carbonyl (C=O) groups excluding carboxylic acids is 1. The van der Waals surface area contributed by atoms with Gasteiger partial charge in [0.15, 0.2) is 0 Å². The van der Waals surface area contributed by atoms with E-state index in [1.165, 1.54) is 6.07 Å². The van der Waals surface area contributed by atoms with Gasteiger partial charge in [0, 0.05) is 55.4 Å². The highest BCUT2D eigenvalue weighted by Crippen LogP contribution is 2.34. The van der Waals surface area contributed by atoms with Crippen LogP contribution in [-0.4, -0.2) is 41.1 Å². The lowest BCUT2D eigenvalue weighted by molar-refractivity contribution is 0.0656. The normalized spacial score (nSPS) is 16.3. The number of benzene rings is 2. The molecule has 0 aliphatic carbocycles. The number of rotatable bonds is 6. The van der Waals surface area contributed by atoms with Crippen LogP contribution >= 0.6 is 0 Å². The third-order valence-electron chi connectivity index (χ3n) is 6.83. The van der Waals surface area contributed by atoms with Gasteiger partial charge < -0.3 is 20.1 Å². The first-order valence-corrected chi connectivity index (χ1v) is 11.6. The molecule has 1 aliphatic rings. The topological polar surface area (TPSA) is 49.3 Å². The van der Waals surface area contributed by atoms with E-state index in [1.807, 2.05) is 36.1 Å². The largest absolute Gasteiger partial charge is 0.379 e. The van der Waals surface area contributed by atoms with Crippen LogP contribution in [0, 0.1) is 26.6 Å². The highest BCUT2D eigenvalue weighted by molar-refractivity contribution is 6.04. The van der Waals surface area contributed by atoms with Gasteiger partial charge >= 0.3 is 0 Å². The van der Waals surface area contributed by atoms with Crippen molar-refractivity contribution in [2.75, 3.05) is 25.0 Å². The fourth-order valence-electron chi connectivity index (χ4n) is 4.75. The molecular formula is C27H33FN4O. The van der Waals surface area contributed by atoms with E-state index in [-0.39, 0.29) is 17.8 Å². The minimum absolute atomic E-state index is 0.0560. The van der Waals surface area contributed by atoms with Crippen molar-refractivity contribution in [3.05, 3.63) is 76.8 Å². The van der Waals surface area contributed by atoms with Crippen molar-refractivity contribution < 1.29 is 9.18 Å². The Kier molecular flexibility index (Phi) is 6.56. The molecule has 174 valence electrons. The number of nitrogens with one attached hydrogen (secondary N) is 2. The van der Waals surface area contributed by atoms with Crippen LogP contribution in [-0.2, 0) is 13.1 Å². The molecule has 0 saturated carbocycles. The van der Waals surface area contributed by atoms with E-state index in [2.05, 4.69) is 42.6 Å². The van der Waals surface area contributed by atoms with Gasteiger partial charge in [-0.15, -0.1) is 6.58 Å². The van der Waals surface area contributed by atoms with Gasteiger partial charge in [-0.25, -0.2) is 4.39 Å². The second kappa shape index (κ2) is 9.40. The van der Waals surface area contributed by atoms with E-state index in [9.17, 15) is 9.18 Å². The van der Waals surface area contributed by atoms with Crippen molar-refractivity contribution in [2.24, 2.45) is 0 Å². The van der Waals surface area contributed by atoms with Crippen molar-refractivity contribution >= 4 is 22.5 Å². The molecule has 33 heavy (non-hydrogen) atoms. The molecule has 1 aliphatic heterocycles. The number of aromatic nitrogens is 1. The SMILES string of the molecule is C=CCn1c(C)c(C)c2cc(C(=O)N3CCNC[C@H]3C)cc(NCc3ccc(F)cc3C)c21. The third kappa shape index (κ3) is 4.40. The molecule has 2 aromatic carbocycles. The van der Waals surface area contributed by atoms with E-state index in [0.29, 0.717) is 25.2 Å². The molecule has 2 heterocycles. The lowest BCUT2D eigenvalue weighted by Gasteiger charge is -2.34. The summed E-state index contributed by atoms with van der Waals surface area (Å²) in [5.41, 5.74) is 6.90. The van der Waals surface area contributed by atoms with Crippen molar-refractivity contribution in [3.8, 4) is 0 Å². The molecule has 5 nitrogen and oxygen atoms in total. The minimum atomic E-state index is -0.234. The van der Waals surface area contributed by atoms with Gasteiger partial charge in [-0.2, -0.15) is 0 Å². The van der Waals surface area contributed by atoms with Crippen LogP contribution in [0.5, 0.6) is 0 Å². The Balaban J connectivity index is 1.80. The second-order valence-corrected chi connectivity index (χ2v) is 9.01. The predicted molar refractivity (Wildman–Crippen MR) is 133 cm³/mol. The van der Waals surface area contributed by atoms with Crippen LogP contribution in [0.15, 0.2) is 43.0 Å². The Bertz CT molecular complexity index is 1210. The molecule has 0 bridgehead atoms. The number of aryl methyl sites for hydroxylation is 2. The van der Waals surface area contributed by atoms with Crippen molar-refractivity contribution in [3.63, 3.8) is 0 Å². The predicted octanol–water partition coefficient (Wildman–Crippen LogP) is 4.94. The maximum absolute atomic E-state index is 13.6. The smallest absolute Gasteiger partial charge is 0.254 e. The zero-order valence-electron chi connectivity index (χ0n) is 20.0. The Morgan fingerprint density at radius 2 is 2.06 bits per heavy atom. The summed E-state index contributed by atoms with van der Waals surface area (Å²) >= 11 is 0. The molecule has 1 aromatic heterocycles. The van der Waals surface area contributed by atoms with Crippen molar-refractivity contribution in [1.29, 1.82) is 0 Å². The van der Waals surface area contributed by atoms with Crippen LogP contribution in [0.1, 0.15) is 39.7 Å². The first kappa shape index (κ1) is 23.1. The van der Waals surface area contributed by atoms with E-state index in [1.54, 1.807) is 6.07 Å². The molecule has 1 atom stereocenters. The van der Waals surface area contributed by atoms with Gasteiger partial charge in [-0.1, -0.05) is 12.1 Å². The Hall–Kier alpha value is -3.12. The first-order chi connectivity index (χ1) is 15.8. The number of fused-ring (bicyclic) bond motifs is 1.